The van der Waals surface area contributed by atoms with Gasteiger partial charge in [0.2, 0.25) is 15.9 Å². The summed E-state index contributed by atoms with van der Waals surface area (Å²) in [6, 6.07) is 10.8. The first-order chi connectivity index (χ1) is 11.2. The van der Waals surface area contributed by atoms with Crippen LogP contribution in [0.3, 0.4) is 0 Å². The Bertz CT molecular complexity index is 890. The maximum Gasteiger partial charge on any atom is 0.255 e. The van der Waals surface area contributed by atoms with E-state index >= 15 is 0 Å². The van der Waals surface area contributed by atoms with Crippen molar-refractivity contribution in [3.8, 4) is 0 Å². The topological polar surface area (TPSA) is 118 Å². The van der Waals surface area contributed by atoms with Gasteiger partial charge in [-0.15, -0.1) is 0 Å². The number of anilines is 2. The number of nitrogens with two attached hydrogens (primary N) is 1. The van der Waals surface area contributed by atoms with Crippen molar-refractivity contribution < 1.29 is 18.0 Å². The molecule has 126 valence electrons. The Kier molecular flexibility index (Phi) is 4.89. The van der Waals surface area contributed by atoms with E-state index in [-0.39, 0.29) is 0 Å². The molecule has 0 fully saturated rings. The zero-order chi connectivity index (χ0) is 17.9. The van der Waals surface area contributed by atoms with Crippen LogP contribution >= 0.6 is 0 Å². The molecule has 4 N–H and O–H groups in total. The minimum absolute atomic E-state index is 0.297. The Labute approximate surface area is 139 Å². The Balaban J connectivity index is 2.20. The zero-order valence-corrected chi connectivity index (χ0v) is 14.0. The molecule has 0 aliphatic heterocycles. The molecular formula is C16H17N3O4S. The van der Waals surface area contributed by atoms with Gasteiger partial charge in [-0.25, -0.2) is 8.42 Å². The van der Waals surface area contributed by atoms with E-state index in [1.165, 1.54) is 18.2 Å². The maximum atomic E-state index is 12.3. The molecule has 0 bridgehead atoms. The van der Waals surface area contributed by atoms with Crippen LogP contribution in [0.5, 0.6) is 0 Å². The first kappa shape index (κ1) is 17.5. The lowest BCUT2D eigenvalue weighted by atomic mass is 10.1. The molecule has 0 saturated carbocycles. The lowest BCUT2D eigenvalue weighted by Gasteiger charge is -2.11. The lowest BCUT2D eigenvalue weighted by molar-refractivity contribution is 0.0998. The van der Waals surface area contributed by atoms with Crippen molar-refractivity contribution in [2.75, 3.05) is 16.3 Å². The van der Waals surface area contributed by atoms with Crippen LogP contribution in [0.15, 0.2) is 42.5 Å². The Morgan fingerprint density at radius 2 is 1.58 bits per heavy atom. The fourth-order valence-corrected chi connectivity index (χ4v) is 2.61. The number of primary amides is 1. The molecule has 2 aromatic carbocycles. The number of benzene rings is 2. The van der Waals surface area contributed by atoms with E-state index < -0.39 is 21.8 Å². The number of sulfonamides is 1. The van der Waals surface area contributed by atoms with Gasteiger partial charge < -0.3 is 11.1 Å². The SMILES string of the molecule is Cc1ccc(C(=O)Nc2ccc(C(N)=O)cc2)cc1NS(C)(=O)=O. The highest BCUT2D eigenvalue weighted by molar-refractivity contribution is 7.92. The molecule has 0 atom stereocenters. The molecule has 0 radical (unpaired) electrons. The van der Waals surface area contributed by atoms with Crippen molar-refractivity contribution in [2.45, 2.75) is 6.92 Å². The fourth-order valence-electron chi connectivity index (χ4n) is 1.99. The smallest absolute Gasteiger partial charge is 0.255 e. The zero-order valence-electron chi connectivity index (χ0n) is 13.2. The van der Waals surface area contributed by atoms with Crippen LogP contribution in [0.25, 0.3) is 0 Å². The number of carbonyl (C=O) groups excluding carboxylic acids is 2. The van der Waals surface area contributed by atoms with E-state index in [4.69, 9.17) is 5.73 Å². The summed E-state index contributed by atoms with van der Waals surface area (Å²) in [5.41, 5.74) is 7.32. The monoisotopic (exact) mass is 347 g/mol. The number of hydrogen-bond donors (Lipinski definition) is 3. The summed E-state index contributed by atoms with van der Waals surface area (Å²) in [6.07, 6.45) is 1.04. The van der Waals surface area contributed by atoms with E-state index in [0.29, 0.717) is 28.1 Å². The van der Waals surface area contributed by atoms with Crippen LogP contribution in [-0.2, 0) is 10.0 Å². The Hall–Kier alpha value is -2.87. The average Bonchev–Trinajstić information content (AvgIpc) is 2.48. The Morgan fingerprint density at radius 3 is 2.12 bits per heavy atom. The largest absolute Gasteiger partial charge is 0.366 e. The van der Waals surface area contributed by atoms with Crippen molar-refractivity contribution in [2.24, 2.45) is 5.73 Å². The minimum atomic E-state index is -3.44. The van der Waals surface area contributed by atoms with Crippen molar-refractivity contribution in [1.29, 1.82) is 0 Å². The third-order valence-corrected chi connectivity index (χ3v) is 3.81. The molecule has 0 unspecified atom stereocenters. The predicted molar refractivity (Wildman–Crippen MR) is 92.6 cm³/mol. The quantitative estimate of drug-likeness (QED) is 0.763. The third-order valence-electron chi connectivity index (χ3n) is 3.22. The van der Waals surface area contributed by atoms with E-state index in [1.807, 2.05) is 0 Å². The van der Waals surface area contributed by atoms with E-state index in [9.17, 15) is 18.0 Å². The highest BCUT2D eigenvalue weighted by Gasteiger charge is 2.11. The average molecular weight is 347 g/mol. The summed E-state index contributed by atoms with van der Waals surface area (Å²) in [7, 11) is -3.44. The molecule has 0 aliphatic rings. The molecule has 8 heteroatoms. The van der Waals surface area contributed by atoms with Gasteiger partial charge in [0.15, 0.2) is 0 Å². The number of carbonyl (C=O) groups is 2. The molecule has 2 amide bonds. The Morgan fingerprint density at radius 1 is 1.00 bits per heavy atom. The summed E-state index contributed by atoms with van der Waals surface area (Å²) < 4.78 is 25.1. The van der Waals surface area contributed by atoms with E-state index in [2.05, 4.69) is 10.0 Å². The number of hydrogen-bond acceptors (Lipinski definition) is 4. The molecule has 0 aromatic heterocycles. The van der Waals surface area contributed by atoms with Gasteiger partial charge in [-0.3, -0.25) is 14.3 Å². The van der Waals surface area contributed by atoms with Gasteiger partial charge in [0, 0.05) is 16.8 Å². The summed E-state index contributed by atoms with van der Waals surface area (Å²) in [5.74, 6) is -0.957. The predicted octanol–water partition coefficient (Wildman–Crippen LogP) is 1.72. The van der Waals surface area contributed by atoms with Gasteiger partial charge in [0.1, 0.15) is 0 Å². The molecule has 2 rings (SSSR count). The van der Waals surface area contributed by atoms with Gasteiger partial charge in [-0.1, -0.05) is 6.07 Å². The molecular weight excluding hydrogens is 330 g/mol. The highest BCUT2D eigenvalue weighted by atomic mass is 32.2. The molecule has 24 heavy (non-hydrogen) atoms. The first-order valence-electron chi connectivity index (χ1n) is 6.95. The van der Waals surface area contributed by atoms with Crippen LogP contribution < -0.4 is 15.8 Å². The summed E-state index contributed by atoms with van der Waals surface area (Å²) in [6.45, 7) is 1.73. The first-order valence-corrected chi connectivity index (χ1v) is 8.84. The molecule has 0 saturated heterocycles. The second kappa shape index (κ2) is 6.71. The van der Waals surface area contributed by atoms with E-state index in [0.717, 1.165) is 6.26 Å². The number of aryl methyl sites for hydroxylation is 1. The van der Waals surface area contributed by atoms with Gasteiger partial charge in [0.05, 0.1) is 11.9 Å². The van der Waals surface area contributed by atoms with Crippen molar-refractivity contribution >= 4 is 33.2 Å². The van der Waals surface area contributed by atoms with Gasteiger partial charge in [-0.05, 0) is 48.9 Å². The second-order valence-corrected chi connectivity index (χ2v) is 7.05. The number of nitrogens with one attached hydrogen (secondary N) is 2. The summed E-state index contributed by atoms with van der Waals surface area (Å²) >= 11 is 0. The van der Waals surface area contributed by atoms with Gasteiger partial charge in [-0.2, -0.15) is 0 Å². The third kappa shape index (κ3) is 4.56. The normalized spacial score (nSPS) is 10.9. The van der Waals surface area contributed by atoms with Crippen molar-refractivity contribution in [3.05, 3.63) is 59.2 Å². The summed E-state index contributed by atoms with van der Waals surface area (Å²) in [5, 5.41) is 2.67. The van der Waals surface area contributed by atoms with Crippen LogP contribution in [0.1, 0.15) is 26.3 Å². The fraction of sp³-hybridized carbons (Fsp3) is 0.125. The van der Waals surface area contributed by atoms with Gasteiger partial charge in [0.25, 0.3) is 5.91 Å². The van der Waals surface area contributed by atoms with Gasteiger partial charge >= 0.3 is 0 Å². The maximum absolute atomic E-state index is 12.3. The molecule has 0 heterocycles. The summed E-state index contributed by atoms with van der Waals surface area (Å²) in [4.78, 5) is 23.3. The lowest BCUT2D eigenvalue weighted by Crippen LogP contribution is -2.15. The molecule has 7 nitrogen and oxygen atoms in total. The minimum Gasteiger partial charge on any atom is -0.366 e. The van der Waals surface area contributed by atoms with Crippen molar-refractivity contribution in [3.63, 3.8) is 0 Å². The second-order valence-electron chi connectivity index (χ2n) is 5.30. The van der Waals surface area contributed by atoms with Crippen LogP contribution in [0, 0.1) is 6.92 Å². The van der Waals surface area contributed by atoms with Crippen LogP contribution in [0.4, 0.5) is 11.4 Å². The molecule has 0 spiro atoms. The standard InChI is InChI=1S/C16H17N3O4S/c1-10-3-4-12(9-14(10)19-24(2,22)23)16(21)18-13-7-5-11(6-8-13)15(17)20/h3-9,19H,1-2H3,(H2,17,20)(H,18,21). The number of rotatable bonds is 5. The molecule has 0 aliphatic carbocycles. The van der Waals surface area contributed by atoms with Crippen molar-refractivity contribution in [1.82, 2.24) is 0 Å². The van der Waals surface area contributed by atoms with E-state index in [1.54, 1.807) is 31.2 Å². The van der Waals surface area contributed by atoms with Crippen LogP contribution in [0.2, 0.25) is 0 Å². The number of amides is 2. The van der Waals surface area contributed by atoms with Crippen LogP contribution in [-0.4, -0.2) is 26.5 Å². The highest BCUT2D eigenvalue weighted by Crippen LogP contribution is 2.19. The molecule has 2 aromatic rings.